The summed E-state index contributed by atoms with van der Waals surface area (Å²) in [6.07, 6.45) is 4.60. The third-order valence-corrected chi connectivity index (χ3v) is 9.18. The Morgan fingerprint density at radius 1 is 1.25 bits per heavy atom. The molecule has 8 heteroatoms. The molecule has 0 bridgehead atoms. The van der Waals surface area contributed by atoms with E-state index in [9.17, 15) is 19.5 Å². The molecule has 0 aliphatic heterocycles. The fourth-order valence-electron chi connectivity index (χ4n) is 2.35. The van der Waals surface area contributed by atoms with Gasteiger partial charge in [0.05, 0.1) is 21.1 Å². The number of rotatable bonds is 6. The van der Waals surface area contributed by atoms with Crippen LogP contribution in [0.4, 0.5) is 0 Å². The third kappa shape index (κ3) is 5.52. The van der Waals surface area contributed by atoms with Crippen molar-refractivity contribution in [2.24, 2.45) is 5.92 Å². The second-order valence-electron chi connectivity index (χ2n) is 6.72. The van der Waals surface area contributed by atoms with E-state index in [1.54, 1.807) is 0 Å². The van der Waals surface area contributed by atoms with Gasteiger partial charge in [0, 0.05) is 5.25 Å². The summed E-state index contributed by atoms with van der Waals surface area (Å²) in [6.45, 7) is 2.18. The van der Waals surface area contributed by atoms with E-state index in [1.165, 1.54) is 17.2 Å². The highest BCUT2D eigenvalue weighted by Crippen LogP contribution is 2.60. The molecule has 3 unspecified atom stereocenters. The molecule has 3 atom stereocenters. The Morgan fingerprint density at radius 3 is 2.25 bits per heavy atom. The topological polar surface area (TPSA) is 77.8 Å². The highest BCUT2D eigenvalue weighted by Gasteiger charge is 2.51. The normalized spacial score (nSPS) is 28.1. The largest absolute Gasteiger partial charge is 0.374 e. The van der Waals surface area contributed by atoms with E-state index in [1.807, 2.05) is 21.1 Å². The van der Waals surface area contributed by atoms with Crippen LogP contribution in [0.2, 0.25) is 0 Å². The average molecular weight is 344 g/mol. The minimum atomic E-state index is -4.59. The summed E-state index contributed by atoms with van der Waals surface area (Å²) in [5.41, 5.74) is 0. The van der Waals surface area contributed by atoms with E-state index >= 15 is 0 Å². The van der Waals surface area contributed by atoms with E-state index < -0.39 is 12.3 Å². The number of likely N-dealkylation sites (N-methyl/N-ethyl adjacent to an activating group) is 1. The van der Waals surface area contributed by atoms with Crippen molar-refractivity contribution >= 4 is 29.2 Å². The van der Waals surface area contributed by atoms with Gasteiger partial charge in [0.1, 0.15) is 6.54 Å². The maximum absolute atomic E-state index is 11.7. The molecule has 0 saturated heterocycles. The molecule has 0 aromatic rings. The van der Waals surface area contributed by atoms with Gasteiger partial charge in [-0.25, -0.2) is 0 Å². The van der Waals surface area contributed by atoms with Crippen LogP contribution in [0.1, 0.15) is 32.6 Å². The summed E-state index contributed by atoms with van der Waals surface area (Å²) in [6, 6.07) is 0. The van der Waals surface area contributed by atoms with Crippen LogP contribution >= 0.6 is 29.2 Å². The third-order valence-electron chi connectivity index (χ3n) is 3.47. The van der Waals surface area contributed by atoms with Crippen LogP contribution in [0.15, 0.2) is 0 Å². The number of nitrogens with zero attached hydrogens (tertiary/aromatic N) is 1. The molecule has 1 fully saturated rings. The quantitative estimate of drug-likeness (QED) is 0.297. The fourth-order valence-corrected chi connectivity index (χ4v) is 7.76. The van der Waals surface area contributed by atoms with Gasteiger partial charge in [-0.2, -0.15) is 0 Å². The van der Waals surface area contributed by atoms with Gasteiger partial charge in [0.2, 0.25) is 0 Å². The van der Waals surface area contributed by atoms with Gasteiger partial charge in [-0.15, -0.1) is 0 Å². The van der Waals surface area contributed by atoms with Crippen molar-refractivity contribution in [2.75, 3.05) is 27.7 Å². The molecule has 0 aromatic carbocycles. The first-order valence-electron chi connectivity index (χ1n) is 6.87. The second kappa shape index (κ2) is 6.90. The molecule has 0 spiro atoms. The zero-order valence-corrected chi connectivity index (χ0v) is 15.2. The van der Waals surface area contributed by atoms with E-state index in [2.05, 4.69) is 6.92 Å². The Bertz CT molecular complexity index is 371. The van der Waals surface area contributed by atoms with Crippen LogP contribution in [-0.2, 0) is 4.57 Å². The predicted molar refractivity (Wildman–Crippen MR) is 86.5 cm³/mol. The number of hydrogen-bond acceptors (Lipinski definition) is 4. The molecule has 1 saturated carbocycles. The van der Waals surface area contributed by atoms with Crippen LogP contribution in [0.5, 0.6) is 0 Å². The summed E-state index contributed by atoms with van der Waals surface area (Å²) < 4.78 is 9.97. The lowest BCUT2D eigenvalue weighted by Gasteiger charge is -2.36. The highest BCUT2D eigenvalue weighted by molar-refractivity contribution is 8.78. The molecule has 0 heterocycles. The minimum absolute atomic E-state index is 0.00997. The summed E-state index contributed by atoms with van der Waals surface area (Å²) in [7, 11) is 3.26. The maximum atomic E-state index is 11.7. The zero-order chi connectivity index (χ0) is 15.6. The Labute approximate surface area is 129 Å². The van der Waals surface area contributed by atoms with Gasteiger partial charge >= 0.3 is 7.60 Å². The smallest absolute Gasteiger partial charge is 0.364 e. The van der Waals surface area contributed by atoms with Crippen molar-refractivity contribution in [3.8, 4) is 0 Å². The van der Waals surface area contributed by atoms with Gasteiger partial charge in [-0.1, -0.05) is 30.6 Å². The average Bonchev–Trinajstić information content (AvgIpc) is 2.24. The van der Waals surface area contributed by atoms with Crippen molar-refractivity contribution in [1.29, 1.82) is 0 Å². The Morgan fingerprint density at radius 2 is 1.80 bits per heavy atom. The standard InChI is InChI=1S/C12H26NO4PS2/c1-10-7-5-6-8-11(10)19-20-12(14,18(15,16)17)9-13(2,3)4/h10-11,14H,5-9H2,1-4H3,(H-,15,16,17)/p+1. The van der Waals surface area contributed by atoms with Gasteiger partial charge in [0.15, 0.2) is 0 Å². The molecule has 5 nitrogen and oxygen atoms in total. The van der Waals surface area contributed by atoms with Crippen LogP contribution in [0.25, 0.3) is 0 Å². The van der Waals surface area contributed by atoms with E-state index in [0.717, 1.165) is 30.1 Å². The first kappa shape index (κ1) is 18.8. The van der Waals surface area contributed by atoms with Crippen molar-refractivity contribution in [3.63, 3.8) is 0 Å². The fraction of sp³-hybridized carbons (Fsp3) is 1.00. The molecule has 1 aliphatic rings. The van der Waals surface area contributed by atoms with E-state index in [-0.39, 0.29) is 6.54 Å². The summed E-state index contributed by atoms with van der Waals surface area (Å²) in [5.74, 6) is 0.534. The van der Waals surface area contributed by atoms with Gasteiger partial charge < -0.3 is 19.4 Å². The van der Waals surface area contributed by atoms with Gasteiger partial charge in [-0.05, 0) is 29.6 Å². The molecule has 120 valence electrons. The lowest BCUT2D eigenvalue weighted by molar-refractivity contribution is -0.873. The molecule has 20 heavy (non-hydrogen) atoms. The Balaban J connectivity index is 2.73. The summed E-state index contributed by atoms with van der Waals surface area (Å²) in [5, 5.41) is 10.8. The van der Waals surface area contributed by atoms with E-state index in [4.69, 9.17) is 0 Å². The van der Waals surface area contributed by atoms with Crippen LogP contribution in [0.3, 0.4) is 0 Å². The minimum Gasteiger partial charge on any atom is -0.364 e. The first-order chi connectivity index (χ1) is 8.95. The number of aliphatic hydroxyl groups is 1. The highest BCUT2D eigenvalue weighted by atomic mass is 33.1. The van der Waals surface area contributed by atoms with Crippen molar-refractivity contribution in [1.82, 2.24) is 0 Å². The second-order valence-corrected chi connectivity index (χ2v) is 11.6. The lowest BCUT2D eigenvalue weighted by Crippen LogP contribution is -2.47. The van der Waals surface area contributed by atoms with Crippen molar-refractivity contribution < 1.29 is 23.9 Å². The molecular formula is C12H27NO4PS2+. The predicted octanol–water partition coefficient (Wildman–Crippen LogP) is 2.48. The lowest BCUT2D eigenvalue weighted by atomic mass is 9.90. The first-order valence-corrected chi connectivity index (χ1v) is 10.7. The zero-order valence-electron chi connectivity index (χ0n) is 12.7. The monoisotopic (exact) mass is 344 g/mol. The van der Waals surface area contributed by atoms with Crippen LogP contribution < -0.4 is 0 Å². The van der Waals surface area contributed by atoms with Gasteiger partial charge in [0.25, 0.3) is 4.67 Å². The molecular weight excluding hydrogens is 317 g/mol. The van der Waals surface area contributed by atoms with Gasteiger partial charge in [-0.3, -0.25) is 4.57 Å². The number of quaternary nitrogens is 1. The van der Waals surface area contributed by atoms with E-state index in [0.29, 0.717) is 15.7 Å². The van der Waals surface area contributed by atoms with Crippen molar-refractivity contribution in [3.05, 3.63) is 0 Å². The Kier molecular flexibility index (Phi) is 6.49. The molecule has 0 amide bonds. The van der Waals surface area contributed by atoms with Crippen molar-refractivity contribution in [2.45, 2.75) is 42.5 Å². The molecule has 1 rings (SSSR count). The molecule has 0 aromatic heterocycles. The van der Waals surface area contributed by atoms with Crippen LogP contribution in [0, 0.1) is 5.92 Å². The number of hydrogen-bond donors (Lipinski definition) is 3. The molecule has 1 aliphatic carbocycles. The Hall–Kier alpha value is 0.770. The van der Waals surface area contributed by atoms with Crippen LogP contribution in [-0.4, -0.2) is 57.0 Å². The maximum Gasteiger partial charge on any atom is 0.374 e. The molecule has 0 radical (unpaired) electrons. The molecule has 3 N–H and O–H groups in total. The summed E-state index contributed by atoms with van der Waals surface area (Å²) >= 11 is 0. The SMILES string of the molecule is CC1CCCCC1SSC(O)(C[N+](C)(C)C)P(=O)(O)O. The summed E-state index contributed by atoms with van der Waals surface area (Å²) in [4.78, 5) is 19.0.